The number of anilines is 1. The van der Waals surface area contributed by atoms with Gasteiger partial charge in [0.05, 0.1) is 12.0 Å². The third-order valence-corrected chi connectivity index (χ3v) is 3.12. The molecule has 0 spiro atoms. The van der Waals surface area contributed by atoms with Crippen molar-refractivity contribution in [3.8, 4) is 6.07 Å². The lowest BCUT2D eigenvalue weighted by Crippen LogP contribution is -2.14. The minimum atomic E-state index is -0.600. The predicted octanol–water partition coefficient (Wildman–Crippen LogP) is 3.64. The van der Waals surface area contributed by atoms with Crippen LogP contribution in [-0.4, -0.2) is 5.91 Å². The Morgan fingerprint density at radius 3 is 2.80 bits per heavy atom. The van der Waals surface area contributed by atoms with Crippen molar-refractivity contribution in [2.45, 2.75) is 6.42 Å². The summed E-state index contributed by atoms with van der Waals surface area (Å²) in [6, 6.07) is 13.0. The molecule has 0 aliphatic rings. The molecule has 0 saturated carbocycles. The van der Waals surface area contributed by atoms with Crippen molar-refractivity contribution in [3.63, 3.8) is 0 Å². The van der Waals surface area contributed by atoms with Crippen molar-refractivity contribution in [2.24, 2.45) is 0 Å². The second-order valence-electron chi connectivity index (χ2n) is 4.16. The maximum Gasteiger partial charge on any atom is 0.228 e. The number of benzene rings is 2. The van der Waals surface area contributed by atoms with Gasteiger partial charge in [0.2, 0.25) is 5.91 Å². The van der Waals surface area contributed by atoms with E-state index in [9.17, 15) is 9.18 Å². The van der Waals surface area contributed by atoms with Gasteiger partial charge in [0, 0.05) is 10.2 Å². The largest absolute Gasteiger partial charge is 0.326 e. The van der Waals surface area contributed by atoms with Gasteiger partial charge in [-0.1, -0.05) is 28.1 Å². The normalized spacial score (nSPS) is 9.85. The molecule has 3 nitrogen and oxygen atoms in total. The highest BCUT2D eigenvalue weighted by Crippen LogP contribution is 2.15. The van der Waals surface area contributed by atoms with Gasteiger partial charge in [-0.15, -0.1) is 0 Å². The summed E-state index contributed by atoms with van der Waals surface area (Å²) in [7, 11) is 0. The quantitative estimate of drug-likeness (QED) is 0.932. The molecule has 0 aromatic heterocycles. The monoisotopic (exact) mass is 332 g/mol. The molecule has 2 rings (SSSR count). The number of nitriles is 1. The van der Waals surface area contributed by atoms with Crippen LogP contribution in [0.5, 0.6) is 0 Å². The Morgan fingerprint density at radius 2 is 2.10 bits per heavy atom. The molecule has 0 saturated heterocycles. The van der Waals surface area contributed by atoms with E-state index in [1.165, 1.54) is 12.1 Å². The zero-order chi connectivity index (χ0) is 14.5. The molecule has 0 aliphatic carbocycles. The molecule has 20 heavy (non-hydrogen) atoms. The Labute approximate surface area is 124 Å². The molecular weight excluding hydrogens is 323 g/mol. The van der Waals surface area contributed by atoms with Crippen LogP contribution >= 0.6 is 15.9 Å². The van der Waals surface area contributed by atoms with Crippen LogP contribution in [0.25, 0.3) is 0 Å². The number of nitrogens with one attached hydrogen (secondary N) is 1. The van der Waals surface area contributed by atoms with Crippen molar-refractivity contribution in [1.82, 2.24) is 0 Å². The van der Waals surface area contributed by atoms with Crippen molar-refractivity contribution in [2.75, 3.05) is 5.32 Å². The second kappa shape index (κ2) is 6.31. The molecule has 5 heteroatoms. The van der Waals surface area contributed by atoms with E-state index in [2.05, 4.69) is 21.2 Å². The zero-order valence-electron chi connectivity index (χ0n) is 10.4. The fraction of sp³-hybridized carbons (Fsp3) is 0.0667. The molecule has 2 aromatic carbocycles. The third-order valence-electron chi connectivity index (χ3n) is 2.62. The van der Waals surface area contributed by atoms with Gasteiger partial charge in [0.15, 0.2) is 0 Å². The summed E-state index contributed by atoms with van der Waals surface area (Å²) < 4.78 is 14.1. The lowest BCUT2D eigenvalue weighted by atomic mass is 10.1. The van der Waals surface area contributed by atoms with Crippen molar-refractivity contribution < 1.29 is 9.18 Å². The summed E-state index contributed by atoms with van der Waals surface area (Å²) in [4.78, 5) is 11.9. The van der Waals surface area contributed by atoms with Crippen molar-refractivity contribution in [3.05, 3.63) is 63.9 Å². The molecule has 1 amide bonds. The molecule has 0 heterocycles. The third kappa shape index (κ3) is 3.65. The highest BCUT2D eigenvalue weighted by atomic mass is 79.9. The number of carbonyl (C=O) groups excluding carboxylic acids is 1. The summed E-state index contributed by atoms with van der Waals surface area (Å²) in [5, 5.41) is 11.4. The summed E-state index contributed by atoms with van der Waals surface area (Å²) in [5.41, 5.74) is 1.17. The highest BCUT2D eigenvalue weighted by molar-refractivity contribution is 9.10. The first kappa shape index (κ1) is 14.2. The Bertz CT molecular complexity index is 695. The molecule has 0 unspecified atom stereocenters. The molecule has 0 aliphatic heterocycles. The molecule has 1 N–H and O–H groups in total. The molecule has 100 valence electrons. The van der Waals surface area contributed by atoms with E-state index in [1.54, 1.807) is 6.07 Å². The zero-order valence-corrected chi connectivity index (χ0v) is 11.9. The lowest BCUT2D eigenvalue weighted by molar-refractivity contribution is -0.115. The molecule has 2 aromatic rings. The Kier molecular flexibility index (Phi) is 4.49. The number of nitrogens with zero attached hydrogens (tertiary/aromatic N) is 1. The van der Waals surface area contributed by atoms with Gasteiger partial charge in [0.25, 0.3) is 0 Å². The summed E-state index contributed by atoms with van der Waals surface area (Å²) in [6.45, 7) is 0. The Morgan fingerprint density at radius 1 is 1.30 bits per heavy atom. The number of carbonyl (C=O) groups is 1. The fourth-order valence-electron chi connectivity index (χ4n) is 1.73. The maximum absolute atomic E-state index is 13.2. The number of rotatable bonds is 3. The van der Waals surface area contributed by atoms with Crippen LogP contribution in [0.1, 0.15) is 11.1 Å². The van der Waals surface area contributed by atoms with Crippen molar-refractivity contribution >= 4 is 27.5 Å². The van der Waals surface area contributed by atoms with Crippen molar-refractivity contribution in [1.29, 1.82) is 5.26 Å². The summed E-state index contributed by atoms with van der Waals surface area (Å²) >= 11 is 3.34. The predicted molar refractivity (Wildman–Crippen MR) is 77.6 cm³/mol. The van der Waals surface area contributed by atoms with E-state index in [4.69, 9.17) is 5.26 Å². The summed E-state index contributed by atoms with van der Waals surface area (Å²) in [5.74, 6) is -0.823. The van der Waals surface area contributed by atoms with Gasteiger partial charge in [-0.25, -0.2) is 4.39 Å². The van der Waals surface area contributed by atoms with E-state index in [0.717, 1.165) is 16.1 Å². The first-order valence-corrected chi connectivity index (χ1v) is 6.62. The van der Waals surface area contributed by atoms with E-state index < -0.39 is 5.82 Å². The topological polar surface area (TPSA) is 52.9 Å². The first-order chi connectivity index (χ1) is 9.58. The van der Waals surface area contributed by atoms with Gasteiger partial charge in [0.1, 0.15) is 11.9 Å². The maximum atomic E-state index is 13.2. The van der Waals surface area contributed by atoms with Gasteiger partial charge in [-0.05, 0) is 35.9 Å². The molecule has 0 bridgehead atoms. The minimum Gasteiger partial charge on any atom is -0.326 e. The average Bonchev–Trinajstić information content (AvgIpc) is 2.41. The van der Waals surface area contributed by atoms with Crippen LogP contribution in [-0.2, 0) is 11.2 Å². The highest BCUT2D eigenvalue weighted by Gasteiger charge is 2.07. The molecule has 0 fully saturated rings. The molecular formula is C15H10BrFN2O. The van der Waals surface area contributed by atoms with Crippen LogP contribution in [0, 0.1) is 17.1 Å². The molecule has 0 radical (unpaired) electrons. The van der Waals surface area contributed by atoms with Gasteiger partial charge < -0.3 is 5.32 Å². The fourth-order valence-corrected chi connectivity index (χ4v) is 2.17. The van der Waals surface area contributed by atoms with Crippen LogP contribution in [0.15, 0.2) is 46.9 Å². The van der Waals surface area contributed by atoms with Crippen LogP contribution in [0.4, 0.5) is 10.1 Å². The smallest absolute Gasteiger partial charge is 0.228 e. The van der Waals surface area contributed by atoms with Gasteiger partial charge in [-0.3, -0.25) is 4.79 Å². The SMILES string of the molecule is N#Cc1cc(NC(=O)Cc2cccc(Br)c2)ccc1F. The lowest BCUT2D eigenvalue weighted by Gasteiger charge is -2.06. The van der Waals surface area contributed by atoms with Gasteiger partial charge >= 0.3 is 0 Å². The van der Waals surface area contributed by atoms with Crippen LogP contribution in [0.2, 0.25) is 0 Å². The first-order valence-electron chi connectivity index (χ1n) is 5.82. The number of halogens is 2. The number of hydrogen-bond donors (Lipinski definition) is 1. The minimum absolute atomic E-state index is 0.0924. The van der Waals surface area contributed by atoms with E-state index >= 15 is 0 Å². The second-order valence-corrected chi connectivity index (χ2v) is 5.08. The van der Waals surface area contributed by atoms with Crippen LogP contribution < -0.4 is 5.32 Å². The van der Waals surface area contributed by atoms with E-state index in [1.807, 2.05) is 24.3 Å². The standard InChI is InChI=1S/C15H10BrFN2O/c16-12-3-1-2-10(6-12)7-15(20)19-13-4-5-14(17)11(8-13)9-18/h1-6,8H,7H2,(H,19,20). The summed E-state index contributed by atoms with van der Waals surface area (Å²) in [6.07, 6.45) is 0.207. The number of hydrogen-bond acceptors (Lipinski definition) is 2. The van der Waals surface area contributed by atoms with Gasteiger partial charge in [-0.2, -0.15) is 5.26 Å². The van der Waals surface area contributed by atoms with Crippen LogP contribution in [0.3, 0.4) is 0 Å². The average molecular weight is 333 g/mol. The molecule has 0 atom stereocenters. The Hall–Kier alpha value is -2.19. The van der Waals surface area contributed by atoms with E-state index in [-0.39, 0.29) is 17.9 Å². The Balaban J connectivity index is 2.07. The number of amides is 1. The van der Waals surface area contributed by atoms with E-state index in [0.29, 0.717) is 5.69 Å².